The second-order valence-electron chi connectivity index (χ2n) is 7.07. The van der Waals surface area contributed by atoms with Crippen LogP contribution >= 0.6 is 11.6 Å². The van der Waals surface area contributed by atoms with Crippen LogP contribution in [0.25, 0.3) is 0 Å². The number of nitrogen functional groups attached to an aromatic ring is 1. The van der Waals surface area contributed by atoms with Crippen molar-refractivity contribution in [1.29, 1.82) is 0 Å². The molecule has 29 heavy (non-hydrogen) atoms. The maximum Gasteiger partial charge on any atom is 0.234 e. The number of anilines is 1. The average molecular weight is 405 g/mol. The first-order chi connectivity index (χ1) is 14.1. The average Bonchev–Trinajstić information content (AvgIpc) is 3.16. The van der Waals surface area contributed by atoms with Gasteiger partial charge in [-0.05, 0) is 42.7 Å². The van der Waals surface area contributed by atoms with Crippen molar-refractivity contribution in [2.45, 2.75) is 25.7 Å². The summed E-state index contributed by atoms with van der Waals surface area (Å²) in [5, 5.41) is 4.86. The molecule has 4 rings (SSSR count). The Kier molecular flexibility index (Phi) is 5.58. The van der Waals surface area contributed by atoms with Crippen molar-refractivity contribution in [2.75, 3.05) is 5.73 Å². The van der Waals surface area contributed by atoms with Gasteiger partial charge in [0.05, 0.1) is 5.92 Å². The molecule has 0 bridgehead atoms. The van der Waals surface area contributed by atoms with Crippen LogP contribution < -0.4 is 5.73 Å². The molecule has 2 heterocycles. The highest BCUT2D eigenvalue weighted by molar-refractivity contribution is 6.30. The molecule has 1 atom stereocenters. The largest absolute Gasteiger partial charge is 0.383 e. The number of hydrogen-bond donors (Lipinski definition) is 1. The van der Waals surface area contributed by atoms with Gasteiger partial charge in [0.2, 0.25) is 5.89 Å². The summed E-state index contributed by atoms with van der Waals surface area (Å²) in [6.07, 6.45) is 2.87. The van der Waals surface area contributed by atoms with Crippen LogP contribution in [-0.4, -0.2) is 15.1 Å². The van der Waals surface area contributed by atoms with Gasteiger partial charge < -0.3 is 10.3 Å². The van der Waals surface area contributed by atoms with E-state index < -0.39 is 0 Å². The normalized spacial score (nSPS) is 12.1. The van der Waals surface area contributed by atoms with Gasteiger partial charge in [0.1, 0.15) is 5.82 Å². The van der Waals surface area contributed by atoms with Crippen LogP contribution in [0, 0.1) is 6.92 Å². The van der Waals surface area contributed by atoms with Gasteiger partial charge in [0.15, 0.2) is 5.82 Å². The highest BCUT2D eigenvalue weighted by atomic mass is 35.5. The van der Waals surface area contributed by atoms with Gasteiger partial charge in [0, 0.05) is 23.2 Å². The van der Waals surface area contributed by atoms with Crippen LogP contribution in [-0.2, 0) is 12.8 Å². The fourth-order valence-electron chi connectivity index (χ4n) is 3.40. The molecule has 0 spiro atoms. The molecule has 6 heteroatoms. The number of aromatic nitrogens is 3. The molecule has 0 saturated carbocycles. The number of halogens is 1. The summed E-state index contributed by atoms with van der Waals surface area (Å²) >= 11 is 6.25. The first kappa shape index (κ1) is 19.2. The standard InChI is InChI=1S/C23H21ClN4O/c1-15-5-2-6-16(11-15)12-20(17-7-3-9-19(24)13-17)23-27-21(28-29-23)14-18-8-4-10-26-22(18)25/h2-11,13,20H,12,14H2,1H3,(H2,25,26). The van der Waals surface area contributed by atoms with Gasteiger partial charge in [0.25, 0.3) is 0 Å². The predicted octanol–water partition coefficient (Wildman–Crippen LogP) is 4.97. The Morgan fingerprint density at radius 2 is 1.93 bits per heavy atom. The minimum atomic E-state index is -0.0944. The zero-order valence-electron chi connectivity index (χ0n) is 16.0. The summed E-state index contributed by atoms with van der Waals surface area (Å²) in [5.74, 6) is 1.52. The van der Waals surface area contributed by atoms with Crippen molar-refractivity contribution < 1.29 is 4.52 Å². The fraction of sp³-hybridized carbons (Fsp3) is 0.174. The van der Waals surface area contributed by atoms with Crippen molar-refractivity contribution in [3.05, 3.63) is 106 Å². The van der Waals surface area contributed by atoms with Crippen LogP contribution in [0.2, 0.25) is 5.02 Å². The molecule has 2 aromatic heterocycles. The SMILES string of the molecule is Cc1cccc(CC(c2cccc(Cl)c2)c2nc(Cc3cccnc3N)no2)c1. The van der Waals surface area contributed by atoms with Gasteiger partial charge in [-0.25, -0.2) is 4.98 Å². The highest BCUT2D eigenvalue weighted by Crippen LogP contribution is 2.30. The zero-order valence-corrected chi connectivity index (χ0v) is 16.8. The number of hydrogen-bond acceptors (Lipinski definition) is 5. The third-order valence-electron chi connectivity index (χ3n) is 4.83. The van der Waals surface area contributed by atoms with E-state index in [9.17, 15) is 0 Å². The van der Waals surface area contributed by atoms with Crippen molar-refractivity contribution >= 4 is 17.4 Å². The van der Waals surface area contributed by atoms with Gasteiger partial charge in [-0.3, -0.25) is 0 Å². The van der Waals surface area contributed by atoms with E-state index in [-0.39, 0.29) is 5.92 Å². The van der Waals surface area contributed by atoms with E-state index in [1.165, 1.54) is 11.1 Å². The lowest BCUT2D eigenvalue weighted by atomic mass is 9.91. The van der Waals surface area contributed by atoms with E-state index >= 15 is 0 Å². The summed E-state index contributed by atoms with van der Waals surface area (Å²) < 4.78 is 5.67. The first-order valence-corrected chi connectivity index (χ1v) is 9.79. The number of aryl methyl sites for hydroxylation is 1. The van der Waals surface area contributed by atoms with E-state index in [0.29, 0.717) is 29.0 Å². The highest BCUT2D eigenvalue weighted by Gasteiger charge is 2.22. The van der Waals surface area contributed by atoms with E-state index in [4.69, 9.17) is 21.9 Å². The van der Waals surface area contributed by atoms with Crippen molar-refractivity contribution in [3.8, 4) is 0 Å². The lowest BCUT2D eigenvalue weighted by Crippen LogP contribution is -2.06. The number of nitrogens with two attached hydrogens (primary N) is 1. The van der Waals surface area contributed by atoms with Crippen molar-refractivity contribution in [3.63, 3.8) is 0 Å². The number of pyridine rings is 1. The van der Waals surface area contributed by atoms with Crippen molar-refractivity contribution in [2.24, 2.45) is 0 Å². The molecule has 1 unspecified atom stereocenters. The summed E-state index contributed by atoms with van der Waals surface area (Å²) in [6.45, 7) is 2.08. The Hall–Kier alpha value is -3.18. The number of rotatable bonds is 6. The molecule has 5 nitrogen and oxygen atoms in total. The molecule has 2 N–H and O–H groups in total. The molecule has 0 saturated heterocycles. The summed E-state index contributed by atoms with van der Waals surface area (Å²) in [7, 11) is 0. The molecule has 0 amide bonds. The first-order valence-electron chi connectivity index (χ1n) is 9.41. The molecule has 0 fully saturated rings. The van der Waals surface area contributed by atoms with Crippen LogP contribution in [0.4, 0.5) is 5.82 Å². The van der Waals surface area contributed by atoms with E-state index in [0.717, 1.165) is 17.5 Å². The van der Waals surface area contributed by atoms with Gasteiger partial charge in [-0.2, -0.15) is 4.98 Å². The van der Waals surface area contributed by atoms with E-state index in [1.807, 2.05) is 36.4 Å². The maximum atomic E-state index is 6.25. The predicted molar refractivity (Wildman–Crippen MR) is 114 cm³/mol. The Bertz CT molecular complexity index is 1130. The monoisotopic (exact) mass is 404 g/mol. The van der Waals surface area contributed by atoms with Crippen LogP contribution in [0.1, 0.15) is 39.9 Å². The molecule has 0 aliphatic carbocycles. The molecule has 146 valence electrons. The van der Waals surface area contributed by atoms with Gasteiger partial charge >= 0.3 is 0 Å². The Balaban J connectivity index is 1.66. The van der Waals surface area contributed by atoms with Gasteiger partial charge in [-0.15, -0.1) is 0 Å². The second-order valence-corrected chi connectivity index (χ2v) is 7.51. The lowest BCUT2D eigenvalue weighted by Gasteiger charge is -2.14. The quantitative estimate of drug-likeness (QED) is 0.490. The van der Waals surface area contributed by atoms with Crippen LogP contribution in [0.3, 0.4) is 0 Å². The fourth-order valence-corrected chi connectivity index (χ4v) is 3.60. The lowest BCUT2D eigenvalue weighted by molar-refractivity contribution is 0.360. The summed E-state index contributed by atoms with van der Waals surface area (Å²) in [5.41, 5.74) is 10.3. The zero-order chi connectivity index (χ0) is 20.2. The molecule has 0 aliphatic rings. The summed E-state index contributed by atoms with van der Waals surface area (Å²) in [4.78, 5) is 8.78. The molecular weight excluding hydrogens is 384 g/mol. The Morgan fingerprint density at radius 1 is 1.07 bits per heavy atom. The smallest absolute Gasteiger partial charge is 0.234 e. The molecule has 2 aromatic carbocycles. The maximum absolute atomic E-state index is 6.25. The topological polar surface area (TPSA) is 77.8 Å². The van der Waals surface area contributed by atoms with Gasteiger partial charge in [-0.1, -0.05) is 64.8 Å². The third kappa shape index (κ3) is 4.63. The minimum absolute atomic E-state index is 0.0944. The molecule has 0 radical (unpaired) electrons. The Labute approximate surface area is 174 Å². The number of benzene rings is 2. The van der Waals surface area contributed by atoms with E-state index in [1.54, 1.807) is 6.20 Å². The molecule has 4 aromatic rings. The summed E-state index contributed by atoms with van der Waals surface area (Å²) in [6, 6.07) is 20.0. The molecular formula is C23H21ClN4O. The minimum Gasteiger partial charge on any atom is -0.383 e. The second kappa shape index (κ2) is 8.45. The van der Waals surface area contributed by atoms with Crippen molar-refractivity contribution in [1.82, 2.24) is 15.1 Å². The number of nitrogens with zero attached hydrogens (tertiary/aromatic N) is 3. The van der Waals surface area contributed by atoms with Crippen LogP contribution in [0.5, 0.6) is 0 Å². The Morgan fingerprint density at radius 3 is 2.72 bits per heavy atom. The molecule has 0 aliphatic heterocycles. The third-order valence-corrected chi connectivity index (χ3v) is 5.07. The van der Waals surface area contributed by atoms with E-state index in [2.05, 4.69) is 46.3 Å². The van der Waals surface area contributed by atoms with Crippen LogP contribution in [0.15, 0.2) is 71.4 Å².